The summed E-state index contributed by atoms with van der Waals surface area (Å²) < 4.78 is 5.26. The van der Waals surface area contributed by atoms with Crippen LogP contribution in [0.1, 0.15) is 6.42 Å². The quantitative estimate of drug-likeness (QED) is 0.820. The molecule has 0 radical (unpaired) electrons. The summed E-state index contributed by atoms with van der Waals surface area (Å²) in [5.74, 6) is 0.330. The van der Waals surface area contributed by atoms with Crippen LogP contribution in [0.2, 0.25) is 0 Å². The van der Waals surface area contributed by atoms with Crippen LogP contribution in [0.4, 0.5) is 5.69 Å². The largest absolute Gasteiger partial charge is 0.495 e. The van der Waals surface area contributed by atoms with Crippen molar-refractivity contribution in [3.05, 3.63) is 24.3 Å². The van der Waals surface area contributed by atoms with Gasteiger partial charge in [0.05, 0.1) is 18.7 Å². The monoisotopic (exact) mass is 262 g/mol. The van der Waals surface area contributed by atoms with Crippen LogP contribution in [0, 0.1) is 5.92 Å². The molecule has 5 heteroatoms. The number of rotatable bonds is 3. The zero-order valence-corrected chi connectivity index (χ0v) is 11.4. The van der Waals surface area contributed by atoms with Crippen LogP contribution >= 0.6 is 0 Å². The molecule has 1 fully saturated rings. The molecule has 0 N–H and O–H groups in total. The van der Waals surface area contributed by atoms with Crippen LogP contribution in [-0.4, -0.2) is 44.5 Å². The van der Waals surface area contributed by atoms with Gasteiger partial charge >= 0.3 is 0 Å². The lowest BCUT2D eigenvalue weighted by Crippen LogP contribution is -2.32. The lowest BCUT2D eigenvalue weighted by Gasteiger charge is -2.20. The SMILES string of the molecule is COc1ccccc1N1C[C@H](C(=O)N(C)C)CC1=O. The molecule has 1 heterocycles. The molecule has 0 unspecified atom stereocenters. The molecular formula is C14H18N2O3. The summed E-state index contributed by atoms with van der Waals surface area (Å²) in [6, 6.07) is 7.35. The summed E-state index contributed by atoms with van der Waals surface area (Å²) >= 11 is 0. The maximum atomic E-state index is 12.1. The third-order valence-corrected chi connectivity index (χ3v) is 3.29. The fourth-order valence-electron chi connectivity index (χ4n) is 2.32. The van der Waals surface area contributed by atoms with Crippen molar-refractivity contribution in [2.45, 2.75) is 6.42 Å². The van der Waals surface area contributed by atoms with E-state index in [0.29, 0.717) is 12.3 Å². The Hall–Kier alpha value is -2.04. The number of nitrogens with zero attached hydrogens (tertiary/aromatic N) is 2. The lowest BCUT2D eigenvalue weighted by molar-refractivity contribution is -0.133. The Morgan fingerprint density at radius 3 is 2.68 bits per heavy atom. The molecular weight excluding hydrogens is 244 g/mol. The third kappa shape index (κ3) is 2.54. The smallest absolute Gasteiger partial charge is 0.227 e. The van der Waals surface area contributed by atoms with Crippen LogP contribution in [0.15, 0.2) is 24.3 Å². The Morgan fingerprint density at radius 1 is 1.37 bits per heavy atom. The van der Waals surface area contributed by atoms with Crippen LogP contribution in [0.3, 0.4) is 0 Å². The van der Waals surface area contributed by atoms with Gasteiger partial charge in [0.15, 0.2) is 0 Å². The summed E-state index contributed by atoms with van der Waals surface area (Å²) in [6.07, 6.45) is 0.259. The molecule has 1 aliphatic heterocycles. The van der Waals surface area contributed by atoms with E-state index in [4.69, 9.17) is 4.74 Å². The van der Waals surface area contributed by atoms with Crippen molar-refractivity contribution in [2.24, 2.45) is 5.92 Å². The Balaban J connectivity index is 2.23. The van der Waals surface area contributed by atoms with E-state index in [1.165, 1.54) is 4.90 Å². The Bertz CT molecular complexity index is 499. The summed E-state index contributed by atoms with van der Waals surface area (Å²) in [5, 5.41) is 0. The van der Waals surface area contributed by atoms with Crippen LogP contribution in [-0.2, 0) is 9.59 Å². The number of benzene rings is 1. The number of para-hydroxylation sites is 2. The summed E-state index contributed by atoms with van der Waals surface area (Å²) in [4.78, 5) is 27.2. The van der Waals surface area contributed by atoms with E-state index in [1.807, 2.05) is 24.3 Å². The topological polar surface area (TPSA) is 49.9 Å². The molecule has 19 heavy (non-hydrogen) atoms. The predicted octanol–water partition coefficient (Wildman–Crippen LogP) is 1.14. The zero-order valence-electron chi connectivity index (χ0n) is 11.4. The molecule has 2 rings (SSSR count). The summed E-state index contributed by atoms with van der Waals surface area (Å²) in [7, 11) is 4.99. The van der Waals surface area contributed by atoms with Gasteiger partial charge in [-0.15, -0.1) is 0 Å². The van der Waals surface area contributed by atoms with Gasteiger partial charge in [0.25, 0.3) is 0 Å². The van der Waals surface area contributed by atoms with Gasteiger partial charge < -0.3 is 14.5 Å². The second-order valence-corrected chi connectivity index (χ2v) is 4.81. The van der Waals surface area contributed by atoms with Crippen LogP contribution < -0.4 is 9.64 Å². The third-order valence-electron chi connectivity index (χ3n) is 3.29. The highest BCUT2D eigenvalue weighted by atomic mass is 16.5. The first-order chi connectivity index (χ1) is 9.04. The number of hydrogen-bond acceptors (Lipinski definition) is 3. The molecule has 0 aliphatic carbocycles. The second kappa shape index (κ2) is 5.30. The average Bonchev–Trinajstić information content (AvgIpc) is 2.79. The van der Waals surface area contributed by atoms with Crippen molar-refractivity contribution in [1.29, 1.82) is 0 Å². The molecule has 1 aromatic carbocycles. The van der Waals surface area contributed by atoms with Gasteiger partial charge in [-0.3, -0.25) is 9.59 Å². The Kier molecular flexibility index (Phi) is 3.74. The number of anilines is 1. The highest BCUT2D eigenvalue weighted by molar-refractivity contribution is 6.01. The van der Waals surface area contributed by atoms with Crippen LogP contribution in [0.25, 0.3) is 0 Å². The minimum atomic E-state index is -0.271. The summed E-state index contributed by atoms with van der Waals surface area (Å²) in [6.45, 7) is 0.413. The number of carbonyl (C=O) groups excluding carboxylic acids is 2. The fraction of sp³-hybridized carbons (Fsp3) is 0.429. The van der Waals surface area contributed by atoms with Crippen molar-refractivity contribution in [2.75, 3.05) is 32.6 Å². The Labute approximate surface area is 112 Å². The number of carbonyl (C=O) groups is 2. The zero-order chi connectivity index (χ0) is 14.0. The van der Waals surface area contributed by atoms with Crippen molar-refractivity contribution < 1.29 is 14.3 Å². The van der Waals surface area contributed by atoms with Gasteiger partial charge in [-0.2, -0.15) is 0 Å². The maximum Gasteiger partial charge on any atom is 0.227 e. The molecule has 1 aromatic rings. The number of amides is 2. The molecule has 1 aliphatic rings. The molecule has 0 saturated carbocycles. The Morgan fingerprint density at radius 2 is 2.05 bits per heavy atom. The normalized spacial score (nSPS) is 18.6. The molecule has 1 saturated heterocycles. The molecule has 2 amide bonds. The van der Waals surface area contributed by atoms with E-state index in [0.717, 1.165) is 5.69 Å². The first-order valence-electron chi connectivity index (χ1n) is 6.19. The fourth-order valence-corrected chi connectivity index (χ4v) is 2.32. The predicted molar refractivity (Wildman–Crippen MR) is 72.1 cm³/mol. The van der Waals surface area contributed by atoms with Gasteiger partial charge in [0, 0.05) is 27.1 Å². The summed E-state index contributed by atoms with van der Waals surface area (Å²) in [5.41, 5.74) is 0.726. The van der Waals surface area contributed by atoms with Gasteiger partial charge in [-0.1, -0.05) is 12.1 Å². The van der Waals surface area contributed by atoms with E-state index in [-0.39, 0.29) is 24.2 Å². The number of methoxy groups -OCH3 is 1. The van der Waals surface area contributed by atoms with E-state index < -0.39 is 0 Å². The van der Waals surface area contributed by atoms with E-state index in [2.05, 4.69) is 0 Å². The van der Waals surface area contributed by atoms with E-state index >= 15 is 0 Å². The van der Waals surface area contributed by atoms with Gasteiger partial charge in [0.2, 0.25) is 11.8 Å². The first kappa shape index (κ1) is 13.4. The number of hydrogen-bond donors (Lipinski definition) is 0. The van der Waals surface area contributed by atoms with Crippen molar-refractivity contribution in [3.8, 4) is 5.75 Å². The van der Waals surface area contributed by atoms with E-state index in [9.17, 15) is 9.59 Å². The lowest BCUT2D eigenvalue weighted by atomic mass is 10.1. The van der Waals surface area contributed by atoms with E-state index in [1.54, 1.807) is 26.1 Å². The highest BCUT2D eigenvalue weighted by Crippen LogP contribution is 2.32. The van der Waals surface area contributed by atoms with Crippen molar-refractivity contribution >= 4 is 17.5 Å². The van der Waals surface area contributed by atoms with Gasteiger partial charge in [0.1, 0.15) is 5.75 Å². The number of ether oxygens (including phenoxy) is 1. The molecule has 5 nitrogen and oxygen atoms in total. The standard InChI is InChI=1S/C14H18N2O3/c1-15(2)14(18)10-8-13(17)16(9-10)11-6-4-5-7-12(11)19-3/h4-7,10H,8-9H2,1-3H3/t10-/m1/s1. The van der Waals surface area contributed by atoms with Crippen molar-refractivity contribution in [1.82, 2.24) is 4.90 Å². The maximum absolute atomic E-state index is 12.1. The molecule has 1 atom stereocenters. The minimum absolute atomic E-state index is 0.00857. The second-order valence-electron chi connectivity index (χ2n) is 4.81. The molecule has 102 valence electrons. The molecule has 0 bridgehead atoms. The first-order valence-corrected chi connectivity index (χ1v) is 6.19. The van der Waals surface area contributed by atoms with Gasteiger partial charge in [-0.05, 0) is 12.1 Å². The van der Waals surface area contributed by atoms with Crippen molar-refractivity contribution in [3.63, 3.8) is 0 Å². The van der Waals surface area contributed by atoms with Crippen LogP contribution in [0.5, 0.6) is 5.75 Å². The minimum Gasteiger partial charge on any atom is -0.495 e. The molecule has 0 spiro atoms. The van der Waals surface area contributed by atoms with Gasteiger partial charge in [-0.25, -0.2) is 0 Å². The average molecular weight is 262 g/mol. The molecule has 0 aromatic heterocycles. The highest BCUT2D eigenvalue weighted by Gasteiger charge is 2.36.